The SMILES string of the molecule is CCC(C)NCC(=O)N[C@H](C(=O)O)[C@@H](C)CC. The van der Waals surface area contributed by atoms with Gasteiger partial charge in [0.15, 0.2) is 0 Å². The molecule has 17 heavy (non-hydrogen) atoms. The average molecular weight is 244 g/mol. The first kappa shape index (κ1) is 15.9. The third-order valence-electron chi connectivity index (χ3n) is 3.02. The van der Waals surface area contributed by atoms with E-state index in [0.717, 1.165) is 12.8 Å². The number of nitrogens with one attached hydrogen (secondary N) is 2. The Labute approximate surface area is 103 Å². The van der Waals surface area contributed by atoms with Crippen molar-refractivity contribution in [3.63, 3.8) is 0 Å². The first-order chi connectivity index (χ1) is 7.92. The molecule has 3 N–H and O–H groups in total. The Hall–Kier alpha value is -1.10. The van der Waals surface area contributed by atoms with Crippen LogP contribution in [0.25, 0.3) is 0 Å². The number of carbonyl (C=O) groups is 2. The van der Waals surface area contributed by atoms with Crippen LogP contribution in [0, 0.1) is 5.92 Å². The van der Waals surface area contributed by atoms with Gasteiger partial charge >= 0.3 is 5.97 Å². The van der Waals surface area contributed by atoms with E-state index in [-0.39, 0.29) is 24.4 Å². The number of hydrogen-bond donors (Lipinski definition) is 3. The smallest absolute Gasteiger partial charge is 0.326 e. The number of aliphatic carboxylic acids is 1. The summed E-state index contributed by atoms with van der Waals surface area (Å²) in [6.07, 6.45) is 1.65. The zero-order valence-electron chi connectivity index (χ0n) is 11.1. The monoisotopic (exact) mass is 244 g/mol. The van der Waals surface area contributed by atoms with E-state index in [0.29, 0.717) is 0 Å². The van der Waals surface area contributed by atoms with Gasteiger partial charge in [0, 0.05) is 6.04 Å². The van der Waals surface area contributed by atoms with E-state index < -0.39 is 12.0 Å². The quantitative estimate of drug-likeness (QED) is 0.595. The van der Waals surface area contributed by atoms with E-state index in [9.17, 15) is 9.59 Å². The fourth-order valence-corrected chi connectivity index (χ4v) is 1.32. The van der Waals surface area contributed by atoms with Gasteiger partial charge in [-0.05, 0) is 19.3 Å². The first-order valence-corrected chi connectivity index (χ1v) is 6.17. The van der Waals surface area contributed by atoms with Gasteiger partial charge in [-0.1, -0.05) is 27.2 Å². The molecule has 0 bridgehead atoms. The molecule has 0 aliphatic carbocycles. The van der Waals surface area contributed by atoms with E-state index in [1.165, 1.54) is 0 Å². The van der Waals surface area contributed by atoms with Crippen LogP contribution in [0.2, 0.25) is 0 Å². The van der Waals surface area contributed by atoms with Gasteiger partial charge in [-0.15, -0.1) is 0 Å². The number of carbonyl (C=O) groups excluding carboxylic acids is 1. The van der Waals surface area contributed by atoms with Crippen molar-refractivity contribution in [2.45, 2.75) is 52.6 Å². The summed E-state index contributed by atoms with van der Waals surface area (Å²) in [6.45, 7) is 7.89. The third-order valence-corrected chi connectivity index (χ3v) is 3.02. The van der Waals surface area contributed by atoms with Gasteiger partial charge in [0.25, 0.3) is 0 Å². The van der Waals surface area contributed by atoms with Gasteiger partial charge in [-0.3, -0.25) is 4.79 Å². The highest BCUT2D eigenvalue weighted by molar-refractivity contribution is 5.84. The molecule has 0 aromatic carbocycles. The van der Waals surface area contributed by atoms with Crippen molar-refractivity contribution in [1.29, 1.82) is 0 Å². The molecule has 0 heterocycles. The van der Waals surface area contributed by atoms with Crippen molar-refractivity contribution < 1.29 is 14.7 Å². The standard InChI is InChI=1S/C12H24N2O3/c1-5-8(3)11(12(16)17)14-10(15)7-13-9(4)6-2/h8-9,11,13H,5-7H2,1-4H3,(H,14,15)(H,16,17)/t8-,9?,11-/m0/s1. The Morgan fingerprint density at radius 3 is 2.18 bits per heavy atom. The van der Waals surface area contributed by atoms with Gasteiger partial charge in [0.2, 0.25) is 5.91 Å². The summed E-state index contributed by atoms with van der Waals surface area (Å²) in [5.74, 6) is -1.31. The molecule has 5 heteroatoms. The third kappa shape index (κ3) is 6.26. The second kappa shape index (κ2) is 8.06. The van der Waals surface area contributed by atoms with E-state index in [4.69, 9.17) is 5.11 Å². The van der Waals surface area contributed by atoms with Crippen LogP contribution in [-0.4, -0.2) is 35.6 Å². The van der Waals surface area contributed by atoms with Crippen LogP contribution in [0.5, 0.6) is 0 Å². The second-order valence-electron chi connectivity index (χ2n) is 4.46. The molecule has 0 saturated carbocycles. The number of rotatable bonds is 8. The minimum Gasteiger partial charge on any atom is -0.480 e. The maximum Gasteiger partial charge on any atom is 0.326 e. The van der Waals surface area contributed by atoms with Gasteiger partial charge in [0.1, 0.15) is 6.04 Å². The van der Waals surface area contributed by atoms with Crippen LogP contribution < -0.4 is 10.6 Å². The molecule has 0 fully saturated rings. The Morgan fingerprint density at radius 1 is 1.18 bits per heavy atom. The van der Waals surface area contributed by atoms with Crippen molar-refractivity contribution in [3.05, 3.63) is 0 Å². The van der Waals surface area contributed by atoms with E-state index in [1.807, 2.05) is 27.7 Å². The molecule has 0 saturated heterocycles. The Balaban J connectivity index is 4.18. The molecule has 0 aliphatic rings. The van der Waals surface area contributed by atoms with Crippen LogP contribution >= 0.6 is 0 Å². The predicted octanol–water partition coefficient (Wildman–Crippen LogP) is 0.990. The lowest BCUT2D eigenvalue weighted by Crippen LogP contribution is -2.48. The molecule has 0 rings (SSSR count). The maximum atomic E-state index is 11.6. The fourth-order valence-electron chi connectivity index (χ4n) is 1.32. The molecule has 0 aromatic heterocycles. The predicted molar refractivity (Wildman–Crippen MR) is 66.8 cm³/mol. The Kier molecular flexibility index (Phi) is 7.54. The van der Waals surface area contributed by atoms with Crippen molar-refractivity contribution in [1.82, 2.24) is 10.6 Å². The summed E-state index contributed by atoms with van der Waals surface area (Å²) in [6, 6.07) is -0.543. The molecule has 5 nitrogen and oxygen atoms in total. The Bertz CT molecular complexity index is 256. The topological polar surface area (TPSA) is 78.4 Å². The molecule has 1 unspecified atom stereocenters. The van der Waals surface area contributed by atoms with E-state index in [1.54, 1.807) is 0 Å². The molecule has 0 aliphatic heterocycles. The molecule has 0 radical (unpaired) electrons. The van der Waals surface area contributed by atoms with Crippen molar-refractivity contribution in [2.75, 3.05) is 6.54 Å². The minimum atomic E-state index is -0.976. The van der Waals surface area contributed by atoms with Crippen LogP contribution in [0.1, 0.15) is 40.5 Å². The molecular weight excluding hydrogens is 220 g/mol. The summed E-state index contributed by atoms with van der Waals surface area (Å²) < 4.78 is 0. The van der Waals surface area contributed by atoms with Gasteiger partial charge in [-0.2, -0.15) is 0 Å². The molecular formula is C12H24N2O3. The lowest BCUT2D eigenvalue weighted by Gasteiger charge is -2.20. The average Bonchev–Trinajstić information content (AvgIpc) is 2.31. The van der Waals surface area contributed by atoms with Gasteiger partial charge < -0.3 is 15.7 Å². The number of carboxylic acids is 1. The summed E-state index contributed by atoms with van der Waals surface area (Å²) in [5.41, 5.74) is 0. The number of amides is 1. The lowest BCUT2D eigenvalue weighted by atomic mass is 9.99. The molecule has 1 amide bonds. The highest BCUT2D eigenvalue weighted by Crippen LogP contribution is 2.07. The van der Waals surface area contributed by atoms with E-state index in [2.05, 4.69) is 10.6 Å². The summed E-state index contributed by atoms with van der Waals surface area (Å²) in [7, 11) is 0. The summed E-state index contributed by atoms with van der Waals surface area (Å²) in [5, 5.41) is 14.6. The van der Waals surface area contributed by atoms with Crippen molar-refractivity contribution in [2.24, 2.45) is 5.92 Å². The van der Waals surface area contributed by atoms with Crippen LogP contribution in [0.3, 0.4) is 0 Å². The largest absolute Gasteiger partial charge is 0.480 e. The van der Waals surface area contributed by atoms with Gasteiger partial charge in [-0.25, -0.2) is 4.79 Å². The maximum absolute atomic E-state index is 11.6. The lowest BCUT2D eigenvalue weighted by molar-refractivity contribution is -0.143. The molecule has 100 valence electrons. The molecule has 0 spiro atoms. The molecule has 3 atom stereocenters. The van der Waals surface area contributed by atoms with E-state index >= 15 is 0 Å². The van der Waals surface area contributed by atoms with Crippen molar-refractivity contribution >= 4 is 11.9 Å². The highest BCUT2D eigenvalue weighted by Gasteiger charge is 2.24. The second-order valence-corrected chi connectivity index (χ2v) is 4.46. The fraction of sp³-hybridized carbons (Fsp3) is 0.833. The summed E-state index contributed by atoms with van der Waals surface area (Å²) >= 11 is 0. The molecule has 0 aromatic rings. The van der Waals surface area contributed by atoms with Crippen LogP contribution in [0.4, 0.5) is 0 Å². The Morgan fingerprint density at radius 2 is 1.76 bits per heavy atom. The zero-order valence-corrected chi connectivity index (χ0v) is 11.1. The minimum absolute atomic E-state index is 0.0694. The van der Waals surface area contributed by atoms with Crippen LogP contribution in [-0.2, 0) is 9.59 Å². The highest BCUT2D eigenvalue weighted by atomic mass is 16.4. The van der Waals surface area contributed by atoms with Crippen molar-refractivity contribution in [3.8, 4) is 0 Å². The summed E-state index contributed by atoms with van der Waals surface area (Å²) in [4.78, 5) is 22.6. The first-order valence-electron chi connectivity index (χ1n) is 6.17. The number of hydrogen-bond acceptors (Lipinski definition) is 3. The van der Waals surface area contributed by atoms with Gasteiger partial charge in [0.05, 0.1) is 6.54 Å². The normalized spacial score (nSPS) is 16.0. The number of carboxylic acid groups (broad SMARTS) is 1. The van der Waals surface area contributed by atoms with Crippen LogP contribution in [0.15, 0.2) is 0 Å². The zero-order chi connectivity index (χ0) is 13.4.